The molecule has 1 aromatic heterocycles. The van der Waals surface area contributed by atoms with Crippen LogP contribution in [0.15, 0.2) is 41.1 Å². The van der Waals surface area contributed by atoms with Gasteiger partial charge in [-0.1, -0.05) is 15.9 Å². The van der Waals surface area contributed by atoms with Gasteiger partial charge in [0.2, 0.25) is 0 Å². The lowest BCUT2D eigenvalue weighted by atomic mass is 9.93. The molecule has 0 amide bonds. The Morgan fingerprint density at radius 2 is 1.41 bits per heavy atom. The number of hydrogen-bond donors (Lipinski definition) is 2. The van der Waals surface area contributed by atoms with E-state index in [0.29, 0.717) is 0 Å². The molecule has 0 fully saturated rings. The number of ether oxygens (including phenoxy) is 2. The monoisotopic (exact) mass is 453 g/mol. The Morgan fingerprint density at radius 3 is 2.07 bits per heavy atom. The maximum atomic E-state index is 5.98. The molecule has 0 unspecified atom stereocenters. The first-order valence-electron chi connectivity index (χ1n) is 9.62. The quantitative estimate of drug-likeness (QED) is 0.514. The van der Waals surface area contributed by atoms with E-state index in [4.69, 9.17) is 20.9 Å². The number of nitrogens with two attached hydrogens (primary N) is 2. The van der Waals surface area contributed by atoms with Gasteiger partial charge in [-0.3, -0.25) is 4.98 Å². The van der Waals surface area contributed by atoms with Gasteiger partial charge < -0.3 is 20.9 Å². The molecular formula is C23H24BrN3O2. The van der Waals surface area contributed by atoms with Crippen molar-refractivity contribution in [2.45, 2.75) is 26.7 Å². The van der Waals surface area contributed by atoms with Crippen molar-refractivity contribution in [3.8, 4) is 22.6 Å². The number of benzene rings is 2. The second kappa shape index (κ2) is 7.95. The van der Waals surface area contributed by atoms with Gasteiger partial charge in [0, 0.05) is 40.8 Å². The number of halogens is 1. The number of fused-ring (bicyclic) bond motifs is 2. The van der Waals surface area contributed by atoms with Crippen molar-refractivity contribution in [2.24, 2.45) is 0 Å². The molecule has 2 aliphatic heterocycles. The minimum atomic E-state index is 0.723. The van der Waals surface area contributed by atoms with Crippen molar-refractivity contribution in [1.82, 2.24) is 4.98 Å². The molecule has 29 heavy (non-hydrogen) atoms. The fourth-order valence-corrected chi connectivity index (χ4v) is 4.50. The van der Waals surface area contributed by atoms with Crippen molar-refractivity contribution in [3.63, 3.8) is 0 Å². The van der Waals surface area contributed by atoms with Gasteiger partial charge >= 0.3 is 0 Å². The van der Waals surface area contributed by atoms with Crippen LogP contribution in [0.4, 0.5) is 11.4 Å². The molecule has 2 aromatic carbocycles. The van der Waals surface area contributed by atoms with Crippen molar-refractivity contribution in [1.29, 1.82) is 0 Å². The zero-order valence-electron chi connectivity index (χ0n) is 16.6. The standard InChI is InChI=1S/C14H14N2O.C9H10BrNO/c1-9-8-12(15)14-11(4-7-17-14)13(9)10-2-5-16-6-3-10;1-5-4-7(11)9-6(8(5)10)2-3-12-9/h2-3,5-6,8H,4,7,15H2,1H3;4H,2-3,11H2,1H3. The Kier molecular flexibility index (Phi) is 5.37. The molecule has 0 saturated heterocycles. The van der Waals surface area contributed by atoms with Crippen molar-refractivity contribution in [2.75, 3.05) is 24.7 Å². The number of rotatable bonds is 1. The number of hydrogen-bond acceptors (Lipinski definition) is 5. The number of anilines is 2. The van der Waals surface area contributed by atoms with Gasteiger partial charge in [-0.2, -0.15) is 0 Å². The molecular weight excluding hydrogens is 430 g/mol. The summed E-state index contributed by atoms with van der Waals surface area (Å²) in [6.45, 7) is 5.60. The van der Waals surface area contributed by atoms with E-state index in [2.05, 4.69) is 27.8 Å². The first-order chi connectivity index (χ1) is 14.0. The van der Waals surface area contributed by atoms with Gasteiger partial charge in [0.25, 0.3) is 0 Å². The average molecular weight is 454 g/mol. The zero-order valence-corrected chi connectivity index (χ0v) is 18.2. The highest BCUT2D eigenvalue weighted by Gasteiger charge is 2.22. The van der Waals surface area contributed by atoms with Gasteiger partial charge in [-0.15, -0.1) is 0 Å². The summed E-state index contributed by atoms with van der Waals surface area (Å²) in [6.07, 6.45) is 5.52. The van der Waals surface area contributed by atoms with E-state index in [1.807, 2.05) is 43.6 Å². The van der Waals surface area contributed by atoms with E-state index in [1.54, 1.807) is 0 Å². The van der Waals surface area contributed by atoms with E-state index in [-0.39, 0.29) is 0 Å². The van der Waals surface area contributed by atoms with Crippen LogP contribution < -0.4 is 20.9 Å². The van der Waals surface area contributed by atoms with Crippen LogP contribution in [-0.2, 0) is 12.8 Å². The third-order valence-corrected chi connectivity index (χ3v) is 6.39. The summed E-state index contributed by atoms with van der Waals surface area (Å²) in [5.41, 5.74) is 20.5. The lowest BCUT2D eigenvalue weighted by molar-refractivity contribution is 0.358. The number of aromatic nitrogens is 1. The van der Waals surface area contributed by atoms with Crippen LogP contribution >= 0.6 is 15.9 Å². The highest BCUT2D eigenvalue weighted by Crippen LogP contribution is 2.41. The Labute approximate surface area is 179 Å². The number of aryl methyl sites for hydroxylation is 2. The molecule has 0 atom stereocenters. The van der Waals surface area contributed by atoms with E-state index in [9.17, 15) is 0 Å². The number of nitrogens with zero attached hydrogens (tertiary/aromatic N) is 1. The predicted octanol–water partition coefficient (Wildman–Crippen LogP) is 4.85. The first-order valence-corrected chi connectivity index (χ1v) is 10.4. The summed E-state index contributed by atoms with van der Waals surface area (Å²) in [5.74, 6) is 1.73. The molecule has 0 bridgehead atoms. The summed E-state index contributed by atoms with van der Waals surface area (Å²) >= 11 is 3.53. The molecule has 150 valence electrons. The molecule has 5 nitrogen and oxygen atoms in total. The predicted molar refractivity (Wildman–Crippen MR) is 121 cm³/mol. The van der Waals surface area contributed by atoms with Gasteiger partial charge in [-0.25, -0.2) is 0 Å². The average Bonchev–Trinajstić information content (AvgIpc) is 3.38. The highest BCUT2D eigenvalue weighted by molar-refractivity contribution is 9.10. The number of nitrogen functional groups attached to an aromatic ring is 2. The van der Waals surface area contributed by atoms with Crippen LogP contribution in [0.2, 0.25) is 0 Å². The van der Waals surface area contributed by atoms with Crippen LogP contribution in [0.25, 0.3) is 11.1 Å². The SMILES string of the molecule is Cc1cc(N)c2c(c1-c1ccncc1)CCO2.Cc1cc(N)c2c(c1Br)CCO2. The maximum absolute atomic E-state index is 5.98. The molecule has 0 saturated carbocycles. The van der Waals surface area contributed by atoms with Crippen molar-refractivity contribution in [3.05, 3.63) is 63.4 Å². The van der Waals surface area contributed by atoms with Crippen LogP contribution in [0.3, 0.4) is 0 Å². The largest absolute Gasteiger partial charge is 0.491 e. The lowest BCUT2D eigenvalue weighted by Crippen LogP contribution is -1.95. The summed E-state index contributed by atoms with van der Waals surface area (Å²) in [7, 11) is 0. The van der Waals surface area contributed by atoms with E-state index in [1.165, 1.54) is 33.4 Å². The minimum absolute atomic E-state index is 0.723. The van der Waals surface area contributed by atoms with Crippen LogP contribution in [0.1, 0.15) is 22.3 Å². The van der Waals surface area contributed by atoms with Crippen molar-refractivity contribution >= 4 is 27.3 Å². The Bertz CT molecular complexity index is 1070. The van der Waals surface area contributed by atoms with Gasteiger partial charge in [0.05, 0.1) is 24.6 Å². The summed E-state index contributed by atoms with van der Waals surface area (Å²) in [5, 5.41) is 0. The topological polar surface area (TPSA) is 83.4 Å². The zero-order chi connectivity index (χ0) is 20.5. The van der Waals surface area contributed by atoms with Gasteiger partial charge in [0.15, 0.2) is 0 Å². The van der Waals surface area contributed by atoms with E-state index in [0.717, 1.165) is 53.4 Å². The second-order valence-electron chi connectivity index (χ2n) is 7.30. The normalized spacial score (nSPS) is 13.6. The first kappa shape index (κ1) is 19.6. The molecule has 0 aliphatic carbocycles. The Morgan fingerprint density at radius 1 is 0.862 bits per heavy atom. The maximum Gasteiger partial charge on any atom is 0.146 e. The Hall–Kier alpha value is -2.73. The molecule has 3 aromatic rings. The fourth-order valence-electron chi connectivity index (χ4n) is 4.00. The van der Waals surface area contributed by atoms with Crippen LogP contribution in [-0.4, -0.2) is 18.2 Å². The van der Waals surface area contributed by atoms with Crippen LogP contribution in [0, 0.1) is 13.8 Å². The number of pyridine rings is 1. The third-order valence-electron chi connectivity index (χ3n) is 5.29. The summed E-state index contributed by atoms with van der Waals surface area (Å²) in [4.78, 5) is 4.06. The molecule has 3 heterocycles. The van der Waals surface area contributed by atoms with E-state index < -0.39 is 0 Å². The smallest absolute Gasteiger partial charge is 0.146 e. The molecule has 2 aliphatic rings. The highest BCUT2D eigenvalue weighted by atomic mass is 79.9. The van der Waals surface area contributed by atoms with Gasteiger partial charge in [-0.05, 0) is 60.4 Å². The van der Waals surface area contributed by atoms with E-state index >= 15 is 0 Å². The third kappa shape index (κ3) is 3.65. The molecule has 6 heteroatoms. The molecule has 0 radical (unpaired) electrons. The second-order valence-corrected chi connectivity index (χ2v) is 8.10. The molecule has 5 rings (SSSR count). The van der Waals surface area contributed by atoms with Crippen LogP contribution in [0.5, 0.6) is 11.5 Å². The summed E-state index contributed by atoms with van der Waals surface area (Å²) in [6, 6.07) is 7.97. The molecule has 0 spiro atoms. The molecule has 4 N–H and O–H groups in total. The Balaban J connectivity index is 0.000000150. The lowest BCUT2D eigenvalue weighted by Gasteiger charge is -2.13. The van der Waals surface area contributed by atoms with Crippen molar-refractivity contribution < 1.29 is 9.47 Å². The fraction of sp³-hybridized carbons (Fsp3) is 0.261. The van der Waals surface area contributed by atoms with Gasteiger partial charge in [0.1, 0.15) is 11.5 Å². The summed E-state index contributed by atoms with van der Waals surface area (Å²) < 4.78 is 12.2. The minimum Gasteiger partial charge on any atom is -0.491 e.